The number of nitrogens with one attached hydrogen (secondary N) is 3. The number of guanidine groups is 1. The van der Waals surface area contributed by atoms with Crippen molar-refractivity contribution in [1.82, 2.24) is 15.4 Å². The first-order chi connectivity index (χ1) is 13.0. The Morgan fingerprint density at radius 2 is 1.68 bits per heavy atom. The second kappa shape index (κ2) is 10.7. The van der Waals surface area contributed by atoms with Crippen molar-refractivity contribution in [3.8, 4) is 0 Å². The molecule has 0 radical (unpaired) electrons. The maximum atomic E-state index is 12.2. The fraction of sp³-hybridized carbons (Fsp3) is 0.632. The summed E-state index contributed by atoms with van der Waals surface area (Å²) in [5.74, 6) is 0.756. The molecule has 1 aromatic rings. The molecule has 0 spiro atoms. The second-order valence-corrected chi connectivity index (χ2v) is 9.10. The number of benzene rings is 1. The Hall–Kier alpha value is -0.910. The van der Waals surface area contributed by atoms with Crippen molar-refractivity contribution in [1.29, 1.82) is 0 Å². The van der Waals surface area contributed by atoms with Crippen LogP contribution >= 0.6 is 24.0 Å². The van der Waals surface area contributed by atoms with Gasteiger partial charge in [0.2, 0.25) is 10.0 Å². The van der Waals surface area contributed by atoms with Crippen molar-refractivity contribution >= 4 is 40.0 Å². The molecule has 28 heavy (non-hydrogen) atoms. The highest BCUT2D eigenvalue weighted by molar-refractivity contribution is 14.0. The maximum absolute atomic E-state index is 12.2. The third kappa shape index (κ3) is 7.16. The first kappa shape index (κ1) is 23.4. The van der Waals surface area contributed by atoms with E-state index < -0.39 is 10.0 Å². The van der Waals surface area contributed by atoms with E-state index in [1.807, 2.05) is 19.1 Å². The van der Waals surface area contributed by atoms with Crippen LogP contribution in [0.1, 0.15) is 51.0 Å². The fourth-order valence-corrected chi connectivity index (χ4v) is 4.47. The molecule has 7 nitrogen and oxygen atoms in total. The van der Waals surface area contributed by atoms with Crippen LogP contribution < -0.4 is 15.4 Å². The minimum atomic E-state index is -3.41. The molecule has 3 rings (SSSR count). The third-order valence-electron chi connectivity index (χ3n) is 4.93. The van der Waals surface area contributed by atoms with Crippen LogP contribution in [0.4, 0.5) is 0 Å². The van der Waals surface area contributed by atoms with Crippen molar-refractivity contribution in [3.05, 3.63) is 29.8 Å². The van der Waals surface area contributed by atoms with E-state index in [-0.39, 0.29) is 36.1 Å². The van der Waals surface area contributed by atoms with E-state index in [1.165, 1.54) is 0 Å². The van der Waals surface area contributed by atoms with Crippen LogP contribution in [0.2, 0.25) is 0 Å². The number of nitrogens with zero attached hydrogens (tertiary/aromatic N) is 1. The quantitative estimate of drug-likeness (QED) is 0.250. The molecule has 9 heteroatoms. The lowest BCUT2D eigenvalue weighted by Gasteiger charge is -2.27. The molecule has 0 heterocycles. The first-order valence-electron chi connectivity index (χ1n) is 9.80. The number of rotatable bonds is 7. The average Bonchev–Trinajstić information content (AvgIpc) is 3.45. The van der Waals surface area contributed by atoms with E-state index in [9.17, 15) is 13.5 Å². The SMILES string of the molecule is CCNC(=NCc1ccc(S(=O)(=O)NC2CC2)cc1)NC1CCC(O)CC1.I. The lowest BCUT2D eigenvalue weighted by Crippen LogP contribution is -2.45. The van der Waals surface area contributed by atoms with Gasteiger partial charge in [-0.25, -0.2) is 18.1 Å². The van der Waals surface area contributed by atoms with Gasteiger partial charge in [-0.3, -0.25) is 0 Å². The molecule has 2 aliphatic carbocycles. The lowest BCUT2D eigenvalue weighted by atomic mass is 9.93. The molecular weight excluding hydrogens is 491 g/mol. The Morgan fingerprint density at radius 3 is 2.25 bits per heavy atom. The van der Waals surface area contributed by atoms with Crippen LogP contribution in [0.15, 0.2) is 34.2 Å². The van der Waals surface area contributed by atoms with Crippen LogP contribution in [0, 0.1) is 0 Å². The van der Waals surface area contributed by atoms with Crippen LogP contribution in [0.3, 0.4) is 0 Å². The zero-order valence-electron chi connectivity index (χ0n) is 16.2. The highest BCUT2D eigenvalue weighted by atomic mass is 127. The Morgan fingerprint density at radius 1 is 1.07 bits per heavy atom. The average molecular weight is 522 g/mol. The van der Waals surface area contributed by atoms with Gasteiger partial charge in [0, 0.05) is 18.6 Å². The Bertz CT molecular complexity index is 743. The van der Waals surface area contributed by atoms with Gasteiger partial charge in [-0.2, -0.15) is 0 Å². The Labute approximate surface area is 184 Å². The normalized spacial score (nSPS) is 23.0. The molecule has 0 aliphatic heterocycles. The van der Waals surface area contributed by atoms with Gasteiger partial charge in [-0.05, 0) is 63.1 Å². The largest absolute Gasteiger partial charge is 0.393 e. The van der Waals surface area contributed by atoms with E-state index in [2.05, 4.69) is 20.3 Å². The minimum absolute atomic E-state index is 0. The van der Waals surface area contributed by atoms with Gasteiger partial charge >= 0.3 is 0 Å². The summed E-state index contributed by atoms with van der Waals surface area (Å²) in [5, 5.41) is 16.3. The summed E-state index contributed by atoms with van der Waals surface area (Å²) < 4.78 is 27.1. The van der Waals surface area contributed by atoms with Crippen molar-refractivity contribution in [2.75, 3.05) is 6.54 Å². The molecular formula is C19H31IN4O3S. The number of aliphatic hydroxyl groups is 1. The Balaban J connectivity index is 0.00000280. The molecule has 0 unspecified atom stereocenters. The van der Waals surface area contributed by atoms with Gasteiger partial charge in [-0.15, -0.1) is 24.0 Å². The van der Waals surface area contributed by atoms with Gasteiger partial charge in [0.05, 0.1) is 17.5 Å². The fourth-order valence-electron chi connectivity index (χ4n) is 3.17. The van der Waals surface area contributed by atoms with Crippen molar-refractivity contribution in [2.24, 2.45) is 4.99 Å². The molecule has 2 saturated carbocycles. The predicted molar refractivity (Wildman–Crippen MR) is 121 cm³/mol. The molecule has 2 fully saturated rings. The van der Waals surface area contributed by atoms with Gasteiger partial charge < -0.3 is 15.7 Å². The molecule has 158 valence electrons. The number of hydrogen-bond donors (Lipinski definition) is 4. The standard InChI is InChI=1S/C19H30N4O3S.HI/c1-2-20-19(22-15-7-9-17(24)10-8-15)21-13-14-3-11-18(12-4-14)27(25,26)23-16-5-6-16;/h3-4,11-12,15-17,23-24H,2,5-10,13H2,1H3,(H2,20,21,22);1H. The molecule has 0 bridgehead atoms. The van der Waals surface area contributed by atoms with Crippen molar-refractivity contribution in [3.63, 3.8) is 0 Å². The van der Waals surface area contributed by atoms with Crippen molar-refractivity contribution in [2.45, 2.75) is 75.1 Å². The van der Waals surface area contributed by atoms with Crippen LogP contribution in [-0.4, -0.2) is 44.2 Å². The van der Waals surface area contributed by atoms with Crippen LogP contribution in [0.5, 0.6) is 0 Å². The van der Waals surface area contributed by atoms with Gasteiger partial charge in [0.1, 0.15) is 0 Å². The summed E-state index contributed by atoms with van der Waals surface area (Å²) in [4.78, 5) is 4.91. The summed E-state index contributed by atoms with van der Waals surface area (Å²) in [6.45, 7) is 3.26. The summed E-state index contributed by atoms with van der Waals surface area (Å²) in [6.07, 6.45) is 5.19. The number of sulfonamides is 1. The zero-order chi connectivity index (χ0) is 19.3. The van der Waals surface area contributed by atoms with E-state index >= 15 is 0 Å². The van der Waals surface area contributed by atoms with E-state index in [0.29, 0.717) is 17.5 Å². The molecule has 0 aromatic heterocycles. The highest BCUT2D eigenvalue weighted by Crippen LogP contribution is 2.22. The zero-order valence-corrected chi connectivity index (χ0v) is 19.4. The summed E-state index contributed by atoms with van der Waals surface area (Å²) in [5.41, 5.74) is 0.955. The number of halogens is 1. The number of hydrogen-bond acceptors (Lipinski definition) is 4. The summed E-state index contributed by atoms with van der Waals surface area (Å²) in [7, 11) is -3.41. The maximum Gasteiger partial charge on any atom is 0.240 e. The monoisotopic (exact) mass is 522 g/mol. The topological polar surface area (TPSA) is 103 Å². The second-order valence-electron chi connectivity index (χ2n) is 7.38. The van der Waals surface area contributed by atoms with Gasteiger partial charge in [0.25, 0.3) is 0 Å². The Kier molecular flexibility index (Phi) is 8.97. The summed E-state index contributed by atoms with van der Waals surface area (Å²) >= 11 is 0. The number of aliphatic imine (C=N–C) groups is 1. The highest BCUT2D eigenvalue weighted by Gasteiger charge is 2.27. The molecule has 0 saturated heterocycles. The summed E-state index contributed by atoms with van der Waals surface area (Å²) in [6, 6.07) is 7.33. The smallest absolute Gasteiger partial charge is 0.240 e. The van der Waals surface area contributed by atoms with E-state index in [1.54, 1.807) is 12.1 Å². The molecule has 2 aliphatic rings. The molecule has 0 amide bonds. The molecule has 4 N–H and O–H groups in total. The lowest BCUT2D eigenvalue weighted by molar-refractivity contribution is 0.120. The van der Waals surface area contributed by atoms with E-state index in [0.717, 1.165) is 56.6 Å². The first-order valence-corrected chi connectivity index (χ1v) is 11.3. The van der Waals surface area contributed by atoms with Gasteiger partial charge in [-0.1, -0.05) is 12.1 Å². The van der Waals surface area contributed by atoms with Crippen LogP contribution in [0.25, 0.3) is 0 Å². The van der Waals surface area contributed by atoms with Crippen LogP contribution in [-0.2, 0) is 16.6 Å². The number of aliphatic hydroxyl groups excluding tert-OH is 1. The van der Waals surface area contributed by atoms with Gasteiger partial charge in [0.15, 0.2) is 5.96 Å². The predicted octanol–water partition coefficient (Wildman–Crippen LogP) is 2.10. The minimum Gasteiger partial charge on any atom is -0.393 e. The third-order valence-corrected chi connectivity index (χ3v) is 6.47. The van der Waals surface area contributed by atoms with Crippen molar-refractivity contribution < 1.29 is 13.5 Å². The molecule has 0 atom stereocenters. The molecule has 1 aromatic carbocycles. The van der Waals surface area contributed by atoms with E-state index in [4.69, 9.17) is 0 Å².